The molecule has 0 fully saturated rings. The Morgan fingerprint density at radius 1 is 1.35 bits per heavy atom. The van der Waals surface area contributed by atoms with Gasteiger partial charge in [-0.25, -0.2) is 9.78 Å². The lowest BCUT2D eigenvalue weighted by molar-refractivity contribution is -0.387. The lowest BCUT2D eigenvalue weighted by atomic mass is 10.2. The number of nitro benzene ring substituents is 1. The topological polar surface area (TPSA) is 93.3 Å². The van der Waals surface area contributed by atoms with E-state index in [-0.39, 0.29) is 16.1 Å². The summed E-state index contributed by atoms with van der Waals surface area (Å²) < 4.78 is 0. The van der Waals surface area contributed by atoms with Gasteiger partial charge in [-0.3, -0.25) is 10.1 Å². The lowest BCUT2D eigenvalue weighted by Crippen LogP contribution is -2.02. The molecule has 102 valence electrons. The van der Waals surface area contributed by atoms with Crippen LogP contribution in [0.3, 0.4) is 0 Å². The standard InChI is InChI=1S/C12H7ClN2O4S/c13-7-4-5-10(14-6-7)20-11-8(12(16)17)2-1-3-9(11)15(18)19/h1-6H,(H,16,17). The molecule has 0 aliphatic heterocycles. The number of hydrogen-bond acceptors (Lipinski definition) is 5. The van der Waals surface area contributed by atoms with E-state index in [1.807, 2.05) is 0 Å². The number of aromatic nitrogens is 1. The number of aromatic carboxylic acids is 1. The fraction of sp³-hybridized carbons (Fsp3) is 0. The van der Waals surface area contributed by atoms with Crippen LogP contribution in [-0.4, -0.2) is 21.0 Å². The highest BCUT2D eigenvalue weighted by Gasteiger charge is 2.22. The molecule has 20 heavy (non-hydrogen) atoms. The SMILES string of the molecule is O=C(O)c1cccc([N+](=O)[O-])c1Sc1ccc(Cl)cn1. The summed E-state index contributed by atoms with van der Waals surface area (Å²) in [4.78, 5) is 25.6. The predicted octanol–water partition coefficient (Wildman–Crippen LogP) is 3.49. The van der Waals surface area contributed by atoms with E-state index in [0.29, 0.717) is 10.0 Å². The van der Waals surface area contributed by atoms with Crippen molar-refractivity contribution >= 4 is 35.0 Å². The average molecular weight is 311 g/mol. The first-order chi connectivity index (χ1) is 9.49. The smallest absolute Gasteiger partial charge is 0.337 e. The average Bonchev–Trinajstić information content (AvgIpc) is 2.41. The van der Waals surface area contributed by atoms with Gasteiger partial charge in [-0.15, -0.1) is 0 Å². The number of pyridine rings is 1. The Morgan fingerprint density at radius 2 is 2.10 bits per heavy atom. The number of nitro groups is 1. The molecular weight excluding hydrogens is 304 g/mol. The molecule has 0 amide bonds. The Bertz CT molecular complexity index is 643. The minimum absolute atomic E-state index is 0.0415. The van der Waals surface area contributed by atoms with E-state index in [1.165, 1.54) is 24.4 Å². The third-order valence-electron chi connectivity index (χ3n) is 2.33. The van der Waals surface area contributed by atoms with E-state index < -0.39 is 10.9 Å². The number of hydrogen-bond donors (Lipinski definition) is 1. The Balaban J connectivity index is 2.50. The van der Waals surface area contributed by atoms with Crippen LogP contribution in [0.25, 0.3) is 0 Å². The van der Waals surface area contributed by atoms with Crippen LogP contribution in [0.2, 0.25) is 5.02 Å². The van der Waals surface area contributed by atoms with Gasteiger partial charge in [-0.2, -0.15) is 0 Å². The summed E-state index contributed by atoms with van der Waals surface area (Å²) in [6.07, 6.45) is 1.39. The third-order valence-corrected chi connectivity index (χ3v) is 3.64. The Kier molecular flexibility index (Phi) is 4.21. The zero-order valence-electron chi connectivity index (χ0n) is 9.82. The molecule has 1 aromatic heterocycles. The van der Waals surface area contributed by atoms with E-state index >= 15 is 0 Å². The van der Waals surface area contributed by atoms with Crippen LogP contribution in [0.1, 0.15) is 10.4 Å². The first-order valence-corrected chi connectivity index (χ1v) is 6.48. The second kappa shape index (κ2) is 5.89. The molecule has 1 aromatic carbocycles. The molecule has 0 atom stereocenters. The number of rotatable bonds is 4. The molecule has 1 N–H and O–H groups in total. The van der Waals surface area contributed by atoms with Crippen LogP contribution in [0.5, 0.6) is 0 Å². The molecule has 6 nitrogen and oxygen atoms in total. The van der Waals surface area contributed by atoms with Crippen molar-refractivity contribution in [3.63, 3.8) is 0 Å². The maximum Gasteiger partial charge on any atom is 0.337 e. The van der Waals surface area contributed by atoms with Gasteiger partial charge in [0, 0.05) is 12.3 Å². The van der Waals surface area contributed by atoms with E-state index in [4.69, 9.17) is 16.7 Å². The summed E-state index contributed by atoms with van der Waals surface area (Å²) in [5.41, 5.74) is -0.410. The Morgan fingerprint density at radius 3 is 2.65 bits per heavy atom. The minimum Gasteiger partial charge on any atom is -0.478 e. The molecule has 0 aliphatic rings. The van der Waals surface area contributed by atoms with Crippen molar-refractivity contribution in [3.8, 4) is 0 Å². The molecule has 0 radical (unpaired) electrons. The van der Waals surface area contributed by atoms with Crippen molar-refractivity contribution in [2.75, 3.05) is 0 Å². The van der Waals surface area contributed by atoms with Crippen LogP contribution in [0, 0.1) is 10.1 Å². The monoisotopic (exact) mass is 310 g/mol. The van der Waals surface area contributed by atoms with Crippen molar-refractivity contribution < 1.29 is 14.8 Å². The number of halogens is 1. The molecule has 0 spiro atoms. The van der Waals surface area contributed by atoms with E-state index in [2.05, 4.69) is 4.98 Å². The van der Waals surface area contributed by atoms with Crippen LogP contribution in [-0.2, 0) is 0 Å². The summed E-state index contributed by atoms with van der Waals surface area (Å²) in [5.74, 6) is -1.23. The highest BCUT2D eigenvalue weighted by molar-refractivity contribution is 7.99. The van der Waals surface area contributed by atoms with Gasteiger partial charge >= 0.3 is 5.97 Å². The molecule has 0 saturated carbocycles. The fourth-order valence-electron chi connectivity index (χ4n) is 1.47. The van der Waals surface area contributed by atoms with Gasteiger partial charge < -0.3 is 5.11 Å². The van der Waals surface area contributed by atoms with Gasteiger partial charge in [0.1, 0.15) is 9.92 Å². The van der Waals surface area contributed by atoms with Gasteiger partial charge in [-0.05, 0) is 18.2 Å². The molecule has 0 aliphatic carbocycles. The number of carboxylic acid groups (broad SMARTS) is 1. The van der Waals surface area contributed by atoms with Crippen molar-refractivity contribution in [3.05, 3.63) is 57.2 Å². The van der Waals surface area contributed by atoms with Gasteiger partial charge in [0.05, 0.1) is 15.5 Å². The molecular formula is C12H7ClN2O4S. The first kappa shape index (κ1) is 14.3. The van der Waals surface area contributed by atoms with Gasteiger partial charge in [0.15, 0.2) is 0 Å². The number of nitrogens with zero attached hydrogens (tertiary/aromatic N) is 2. The summed E-state index contributed by atoms with van der Waals surface area (Å²) in [6, 6.07) is 7.04. The van der Waals surface area contributed by atoms with Crippen molar-refractivity contribution in [1.82, 2.24) is 4.98 Å². The second-order valence-corrected chi connectivity index (χ2v) is 5.10. The van der Waals surface area contributed by atoms with E-state index in [0.717, 1.165) is 11.8 Å². The zero-order valence-corrected chi connectivity index (χ0v) is 11.4. The molecule has 0 saturated heterocycles. The van der Waals surface area contributed by atoms with Crippen LogP contribution >= 0.6 is 23.4 Å². The Labute approximate surface area is 122 Å². The molecule has 1 heterocycles. The summed E-state index contributed by atoms with van der Waals surface area (Å²) >= 11 is 6.62. The zero-order chi connectivity index (χ0) is 14.7. The minimum atomic E-state index is -1.23. The van der Waals surface area contributed by atoms with Crippen LogP contribution in [0.4, 0.5) is 5.69 Å². The molecule has 2 rings (SSSR count). The van der Waals surface area contributed by atoms with Crippen LogP contribution < -0.4 is 0 Å². The van der Waals surface area contributed by atoms with Crippen molar-refractivity contribution in [1.29, 1.82) is 0 Å². The fourth-order valence-corrected chi connectivity index (χ4v) is 2.55. The van der Waals surface area contributed by atoms with E-state index in [9.17, 15) is 14.9 Å². The molecule has 8 heteroatoms. The number of carboxylic acids is 1. The van der Waals surface area contributed by atoms with E-state index in [1.54, 1.807) is 12.1 Å². The molecule has 0 unspecified atom stereocenters. The second-order valence-electron chi connectivity index (χ2n) is 3.63. The summed E-state index contributed by atoms with van der Waals surface area (Å²) in [5, 5.41) is 21.0. The number of carbonyl (C=O) groups is 1. The van der Waals surface area contributed by atoms with Gasteiger partial charge in [0.2, 0.25) is 0 Å². The maximum absolute atomic E-state index is 11.2. The van der Waals surface area contributed by atoms with Gasteiger partial charge in [-0.1, -0.05) is 29.4 Å². The van der Waals surface area contributed by atoms with Crippen LogP contribution in [0.15, 0.2) is 46.5 Å². The predicted molar refractivity (Wildman–Crippen MR) is 73.4 cm³/mol. The maximum atomic E-state index is 11.2. The highest BCUT2D eigenvalue weighted by Crippen LogP contribution is 2.36. The van der Waals surface area contributed by atoms with Crippen molar-refractivity contribution in [2.24, 2.45) is 0 Å². The summed E-state index contributed by atoms with van der Waals surface area (Å²) in [6.45, 7) is 0. The molecule has 2 aromatic rings. The number of benzene rings is 1. The largest absolute Gasteiger partial charge is 0.478 e. The third kappa shape index (κ3) is 3.06. The Hall–Kier alpha value is -2.12. The lowest BCUT2D eigenvalue weighted by Gasteiger charge is -2.06. The first-order valence-electron chi connectivity index (χ1n) is 5.29. The normalized spacial score (nSPS) is 10.2. The summed E-state index contributed by atoms with van der Waals surface area (Å²) in [7, 11) is 0. The van der Waals surface area contributed by atoms with Gasteiger partial charge in [0.25, 0.3) is 5.69 Å². The van der Waals surface area contributed by atoms with Crippen molar-refractivity contribution in [2.45, 2.75) is 9.92 Å². The quantitative estimate of drug-likeness (QED) is 0.686. The highest BCUT2D eigenvalue weighted by atomic mass is 35.5. The molecule has 0 bridgehead atoms.